The normalized spacial score (nSPS) is 8.70. The molecule has 0 saturated heterocycles. The molecule has 0 aromatic heterocycles. The van der Waals surface area contributed by atoms with Crippen LogP contribution in [-0.4, -0.2) is 0 Å². The molecule has 0 amide bonds. The number of rotatable bonds is 0. The Morgan fingerprint density at radius 2 is 0.900 bits per heavy atom. The fraction of sp³-hybridized carbons (Fsp3) is 0.333. The van der Waals surface area contributed by atoms with Gasteiger partial charge in [0.15, 0.2) is 0 Å². The van der Waals surface area contributed by atoms with Gasteiger partial charge in [-0.25, -0.2) is 0 Å². The number of aryl methyl sites for hydroxylation is 3. The quantitative estimate of drug-likeness (QED) is 0.543. The summed E-state index contributed by atoms with van der Waals surface area (Å²) in [4.78, 5) is 0. The van der Waals surface area contributed by atoms with E-state index in [1.165, 1.54) is 16.7 Å². The van der Waals surface area contributed by atoms with Crippen molar-refractivity contribution in [1.82, 2.24) is 0 Å². The first kappa shape index (κ1) is 9.74. The molecule has 1 aromatic carbocycles. The van der Waals surface area contributed by atoms with Crippen LogP contribution in [0.1, 0.15) is 16.7 Å². The molecule has 0 aliphatic heterocycles. The molecule has 1 aromatic rings. The first-order chi connectivity index (χ1) is 4.18. The molecule has 0 bridgehead atoms. The maximum Gasteiger partial charge on any atom is 1.00 e. The second-order valence-corrected chi connectivity index (χ2v) is 2.67. The van der Waals surface area contributed by atoms with Gasteiger partial charge >= 0.3 is 17.1 Å². The van der Waals surface area contributed by atoms with Gasteiger partial charge in [0.1, 0.15) is 0 Å². The predicted molar refractivity (Wildman–Crippen MR) is 40.7 cm³/mol. The van der Waals surface area contributed by atoms with E-state index in [9.17, 15) is 0 Å². The Kier molecular flexibility index (Phi) is 3.70. The molecule has 0 saturated carbocycles. The Morgan fingerprint density at radius 1 is 0.700 bits per heavy atom. The molecule has 0 heterocycles. The SMILES string of the molecule is Cc1cc(C)cc(C)c1.[Cu+]. The van der Waals surface area contributed by atoms with Gasteiger partial charge in [-0.3, -0.25) is 0 Å². The van der Waals surface area contributed by atoms with Crippen LogP contribution in [0.4, 0.5) is 0 Å². The van der Waals surface area contributed by atoms with Crippen molar-refractivity contribution in [1.29, 1.82) is 0 Å². The Balaban J connectivity index is 0.000000810. The van der Waals surface area contributed by atoms with Crippen LogP contribution >= 0.6 is 0 Å². The van der Waals surface area contributed by atoms with Crippen LogP contribution in [0.3, 0.4) is 0 Å². The largest absolute Gasteiger partial charge is 1.00 e. The molecule has 0 unspecified atom stereocenters. The average molecular weight is 184 g/mol. The fourth-order valence-corrected chi connectivity index (χ4v) is 1.20. The van der Waals surface area contributed by atoms with Crippen LogP contribution < -0.4 is 0 Å². The maximum atomic E-state index is 2.19. The molecular formula is C9H12Cu+. The van der Waals surface area contributed by atoms with E-state index in [1.54, 1.807) is 0 Å². The van der Waals surface area contributed by atoms with E-state index in [-0.39, 0.29) is 17.1 Å². The summed E-state index contributed by atoms with van der Waals surface area (Å²) < 4.78 is 0. The van der Waals surface area contributed by atoms with E-state index < -0.39 is 0 Å². The molecule has 0 atom stereocenters. The Bertz CT molecular complexity index is 165. The molecule has 0 aliphatic carbocycles. The van der Waals surface area contributed by atoms with Gasteiger partial charge < -0.3 is 0 Å². The van der Waals surface area contributed by atoms with Crippen molar-refractivity contribution in [2.24, 2.45) is 0 Å². The zero-order valence-corrected chi connectivity index (χ0v) is 7.48. The minimum Gasteiger partial charge on any atom is -0.0564 e. The summed E-state index contributed by atoms with van der Waals surface area (Å²) in [5.74, 6) is 0. The zero-order chi connectivity index (χ0) is 6.85. The minimum atomic E-state index is 0. The van der Waals surface area contributed by atoms with Crippen LogP contribution in [0.2, 0.25) is 0 Å². The van der Waals surface area contributed by atoms with Crippen molar-refractivity contribution in [3.05, 3.63) is 34.9 Å². The van der Waals surface area contributed by atoms with Crippen molar-refractivity contribution in [2.75, 3.05) is 0 Å². The van der Waals surface area contributed by atoms with Crippen LogP contribution in [0, 0.1) is 20.8 Å². The second-order valence-electron chi connectivity index (χ2n) is 2.67. The first-order valence-electron chi connectivity index (χ1n) is 3.23. The van der Waals surface area contributed by atoms with Crippen LogP contribution in [0.5, 0.6) is 0 Å². The van der Waals surface area contributed by atoms with E-state index >= 15 is 0 Å². The monoisotopic (exact) mass is 183 g/mol. The number of hydrogen-bond donors (Lipinski definition) is 0. The summed E-state index contributed by atoms with van der Waals surface area (Å²) >= 11 is 0. The molecule has 0 nitrogen and oxygen atoms in total. The van der Waals surface area contributed by atoms with Crippen molar-refractivity contribution >= 4 is 0 Å². The van der Waals surface area contributed by atoms with Crippen LogP contribution in [-0.2, 0) is 17.1 Å². The fourth-order valence-electron chi connectivity index (χ4n) is 1.20. The van der Waals surface area contributed by atoms with Gasteiger partial charge in [-0.2, -0.15) is 0 Å². The summed E-state index contributed by atoms with van der Waals surface area (Å²) in [6.45, 7) is 6.38. The Morgan fingerprint density at radius 3 is 1.10 bits per heavy atom. The maximum absolute atomic E-state index is 2.19. The summed E-state index contributed by atoms with van der Waals surface area (Å²) in [5.41, 5.74) is 4.06. The molecule has 58 valence electrons. The van der Waals surface area contributed by atoms with Gasteiger partial charge in [0.25, 0.3) is 0 Å². The molecular weight excluding hydrogens is 172 g/mol. The topological polar surface area (TPSA) is 0 Å². The van der Waals surface area contributed by atoms with Gasteiger partial charge in [-0.05, 0) is 20.8 Å². The van der Waals surface area contributed by atoms with Gasteiger partial charge in [0.05, 0.1) is 0 Å². The number of hydrogen-bond acceptors (Lipinski definition) is 0. The minimum absolute atomic E-state index is 0. The predicted octanol–water partition coefficient (Wildman–Crippen LogP) is 2.61. The molecule has 0 radical (unpaired) electrons. The average Bonchev–Trinajstić information content (AvgIpc) is 1.59. The molecule has 0 aliphatic rings. The number of benzene rings is 1. The van der Waals surface area contributed by atoms with Crippen molar-refractivity contribution in [2.45, 2.75) is 20.8 Å². The summed E-state index contributed by atoms with van der Waals surface area (Å²) in [7, 11) is 0. The van der Waals surface area contributed by atoms with E-state index in [2.05, 4.69) is 39.0 Å². The first-order valence-corrected chi connectivity index (χ1v) is 3.23. The van der Waals surface area contributed by atoms with Crippen LogP contribution in [0.15, 0.2) is 18.2 Å². The molecule has 10 heavy (non-hydrogen) atoms. The molecule has 0 fully saturated rings. The summed E-state index contributed by atoms with van der Waals surface area (Å²) in [6.07, 6.45) is 0. The molecule has 1 rings (SSSR count). The van der Waals surface area contributed by atoms with Crippen LogP contribution in [0.25, 0.3) is 0 Å². The third-order valence-electron chi connectivity index (χ3n) is 1.37. The van der Waals surface area contributed by atoms with Gasteiger partial charge in [-0.1, -0.05) is 34.9 Å². The molecule has 0 N–H and O–H groups in total. The van der Waals surface area contributed by atoms with E-state index in [4.69, 9.17) is 0 Å². The smallest absolute Gasteiger partial charge is 0.0564 e. The third-order valence-corrected chi connectivity index (χ3v) is 1.37. The summed E-state index contributed by atoms with van der Waals surface area (Å²) in [5, 5.41) is 0. The zero-order valence-electron chi connectivity index (χ0n) is 6.53. The van der Waals surface area contributed by atoms with E-state index in [0.29, 0.717) is 0 Å². The van der Waals surface area contributed by atoms with E-state index in [1.807, 2.05) is 0 Å². The standard InChI is InChI=1S/C9H12.Cu/c1-7-4-8(2)6-9(3)5-7;/h4-6H,1-3H3;/q;+1. The van der Waals surface area contributed by atoms with Crippen molar-refractivity contribution < 1.29 is 17.1 Å². The molecule has 0 spiro atoms. The van der Waals surface area contributed by atoms with Gasteiger partial charge in [0, 0.05) is 0 Å². The molecule has 1 heteroatoms. The van der Waals surface area contributed by atoms with Crippen molar-refractivity contribution in [3.8, 4) is 0 Å². The summed E-state index contributed by atoms with van der Waals surface area (Å²) in [6, 6.07) is 6.56. The van der Waals surface area contributed by atoms with E-state index in [0.717, 1.165) is 0 Å². The van der Waals surface area contributed by atoms with Gasteiger partial charge in [0.2, 0.25) is 0 Å². The second kappa shape index (κ2) is 3.80. The Hall–Kier alpha value is -0.261. The Labute approximate surface area is 73.1 Å². The van der Waals surface area contributed by atoms with Crippen molar-refractivity contribution in [3.63, 3.8) is 0 Å². The van der Waals surface area contributed by atoms with Gasteiger partial charge in [-0.15, -0.1) is 0 Å². The third kappa shape index (κ3) is 2.55.